The molecule has 18 heavy (non-hydrogen) atoms. The lowest BCUT2D eigenvalue weighted by atomic mass is 10.2. The molecule has 1 aliphatic heterocycles. The van der Waals surface area contributed by atoms with E-state index in [4.69, 9.17) is 9.47 Å². The molecule has 1 aromatic heterocycles. The van der Waals surface area contributed by atoms with Crippen LogP contribution < -0.4 is 0 Å². The van der Waals surface area contributed by atoms with Crippen molar-refractivity contribution in [1.29, 1.82) is 0 Å². The zero-order chi connectivity index (χ0) is 12.2. The second-order valence-corrected chi connectivity index (χ2v) is 5.30. The maximum Gasteiger partial charge on any atom is 0.147 e. The summed E-state index contributed by atoms with van der Waals surface area (Å²) in [7, 11) is 0. The molecule has 0 aliphatic carbocycles. The average Bonchev–Trinajstić information content (AvgIpc) is 2.46. The number of benzene rings is 1. The highest BCUT2D eigenvalue weighted by Gasteiger charge is 2.14. The fourth-order valence-electron chi connectivity index (χ4n) is 2.01. The van der Waals surface area contributed by atoms with E-state index in [2.05, 4.69) is 23.2 Å². The first-order chi connectivity index (χ1) is 8.93. The van der Waals surface area contributed by atoms with Crippen LogP contribution in [-0.2, 0) is 9.47 Å². The van der Waals surface area contributed by atoms with Crippen LogP contribution in [-0.4, -0.2) is 30.2 Å². The topological polar surface area (TPSA) is 31.4 Å². The second kappa shape index (κ2) is 5.69. The van der Waals surface area contributed by atoms with Crippen molar-refractivity contribution in [3.8, 4) is 0 Å². The van der Waals surface area contributed by atoms with Gasteiger partial charge in [0, 0.05) is 22.2 Å². The summed E-state index contributed by atoms with van der Waals surface area (Å²) >= 11 is 1.84. The zero-order valence-electron chi connectivity index (χ0n) is 10.0. The summed E-state index contributed by atoms with van der Waals surface area (Å²) in [5, 5.41) is 1.22. The number of aromatic nitrogens is 1. The first-order valence-electron chi connectivity index (χ1n) is 6.09. The van der Waals surface area contributed by atoms with E-state index >= 15 is 0 Å². The molecule has 1 fully saturated rings. The van der Waals surface area contributed by atoms with Gasteiger partial charge in [-0.1, -0.05) is 18.2 Å². The third kappa shape index (κ3) is 2.66. The van der Waals surface area contributed by atoms with E-state index in [-0.39, 0.29) is 0 Å². The summed E-state index contributed by atoms with van der Waals surface area (Å²) < 4.78 is 10.7. The predicted molar refractivity (Wildman–Crippen MR) is 72.8 cm³/mol. The molecular weight excluding hydrogens is 246 g/mol. The minimum absolute atomic E-state index is 0.302. The van der Waals surface area contributed by atoms with Crippen LogP contribution >= 0.6 is 11.8 Å². The van der Waals surface area contributed by atoms with E-state index in [1.165, 1.54) is 10.3 Å². The highest BCUT2D eigenvalue weighted by Crippen LogP contribution is 2.28. The highest BCUT2D eigenvalue weighted by atomic mass is 32.2. The summed E-state index contributed by atoms with van der Waals surface area (Å²) in [6.45, 7) is 1.24. The summed E-state index contributed by atoms with van der Waals surface area (Å²) in [6.07, 6.45) is 3.15. The molecule has 3 rings (SSSR count). The maximum atomic E-state index is 5.55. The number of pyridine rings is 1. The van der Waals surface area contributed by atoms with Crippen LogP contribution in [0.25, 0.3) is 10.9 Å². The average molecular weight is 261 g/mol. The lowest BCUT2D eigenvalue weighted by Gasteiger charge is -2.22. The lowest BCUT2D eigenvalue weighted by molar-refractivity contribution is -0.130. The van der Waals surface area contributed by atoms with Gasteiger partial charge >= 0.3 is 0 Å². The third-order valence-corrected chi connectivity index (χ3v) is 4.21. The van der Waals surface area contributed by atoms with Gasteiger partial charge in [0.15, 0.2) is 0 Å². The number of ether oxygens (including phenoxy) is 2. The lowest BCUT2D eigenvalue weighted by Crippen LogP contribution is -2.25. The predicted octanol–water partition coefficient (Wildman–Crippen LogP) is 3.09. The molecule has 4 heteroatoms. The van der Waals surface area contributed by atoms with Crippen molar-refractivity contribution in [1.82, 2.24) is 4.98 Å². The Kier molecular flexibility index (Phi) is 3.78. The van der Waals surface area contributed by atoms with Gasteiger partial charge in [-0.05, 0) is 18.6 Å². The molecule has 0 spiro atoms. The molecule has 1 saturated heterocycles. The van der Waals surface area contributed by atoms with E-state index < -0.39 is 0 Å². The standard InChI is InChI=1S/C14H15NO2S/c1-2-4-13-12(3-1)14(5-7-15-13)18-9-11-6-8-16-10-17-11/h1-5,7,11H,6,8-10H2/t11-/m0/s1. The van der Waals surface area contributed by atoms with Gasteiger partial charge in [-0.2, -0.15) is 0 Å². The van der Waals surface area contributed by atoms with E-state index in [0.717, 1.165) is 24.3 Å². The number of para-hydroxylation sites is 1. The van der Waals surface area contributed by atoms with Crippen LogP contribution in [0.5, 0.6) is 0 Å². The van der Waals surface area contributed by atoms with Crippen molar-refractivity contribution in [3.05, 3.63) is 36.5 Å². The van der Waals surface area contributed by atoms with Crippen LogP contribution in [0.4, 0.5) is 0 Å². The first-order valence-corrected chi connectivity index (χ1v) is 7.08. The third-order valence-electron chi connectivity index (χ3n) is 3.01. The molecule has 0 unspecified atom stereocenters. The van der Waals surface area contributed by atoms with Crippen molar-refractivity contribution in [2.45, 2.75) is 17.4 Å². The van der Waals surface area contributed by atoms with Crippen molar-refractivity contribution < 1.29 is 9.47 Å². The number of rotatable bonds is 3. The van der Waals surface area contributed by atoms with Gasteiger partial charge in [-0.3, -0.25) is 4.98 Å². The van der Waals surface area contributed by atoms with Crippen LogP contribution in [0.15, 0.2) is 41.4 Å². The molecule has 1 aliphatic rings. The monoisotopic (exact) mass is 261 g/mol. The van der Waals surface area contributed by atoms with Gasteiger partial charge in [0.25, 0.3) is 0 Å². The molecule has 2 heterocycles. The summed E-state index contributed by atoms with van der Waals surface area (Å²) in [4.78, 5) is 5.65. The van der Waals surface area contributed by atoms with Crippen molar-refractivity contribution in [3.63, 3.8) is 0 Å². The SMILES string of the molecule is c1ccc2c(SC[C@@H]3CCOCO3)ccnc2c1. The van der Waals surface area contributed by atoms with Gasteiger partial charge in [-0.15, -0.1) is 11.8 Å². The van der Waals surface area contributed by atoms with E-state index in [1.54, 1.807) is 0 Å². The Bertz CT molecular complexity index is 521. The zero-order valence-corrected chi connectivity index (χ0v) is 10.9. The molecule has 0 amide bonds. The van der Waals surface area contributed by atoms with E-state index in [1.807, 2.05) is 30.1 Å². The Balaban J connectivity index is 1.74. The second-order valence-electron chi connectivity index (χ2n) is 4.24. The van der Waals surface area contributed by atoms with Gasteiger partial charge in [0.1, 0.15) is 6.79 Å². The number of fused-ring (bicyclic) bond motifs is 1. The van der Waals surface area contributed by atoms with Gasteiger partial charge in [0.05, 0.1) is 18.2 Å². The Labute approximate surface area is 111 Å². The highest BCUT2D eigenvalue weighted by molar-refractivity contribution is 7.99. The van der Waals surface area contributed by atoms with Crippen molar-refractivity contribution in [2.24, 2.45) is 0 Å². The van der Waals surface area contributed by atoms with Crippen LogP contribution in [0.3, 0.4) is 0 Å². The number of nitrogens with zero attached hydrogens (tertiary/aromatic N) is 1. The molecule has 0 saturated carbocycles. The molecule has 3 nitrogen and oxygen atoms in total. The summed E-state index contributed by atoms with van der Waals surface area (Å²) in [5.74, 6) is 0.970. The van der Waals surface area contributed by atoms with Crippen molar-refractivity contribution >= 4 is 22.7 Å². The minimum atomic E-state index is 0.302. The minimum Gasteiger partial charge on any atom is -0.355 e. The first kappa shape index (κ1) is 12.0. The largest absolute Gasteiger partial charge is 0.355 e. The van der Waals surface area contributed by atoms with Crippen LogP contribution in [0.1, 0.15) is 6.42 Å². The van der Waals surface area contributed by atoms with Crippen LogP contribution in [0, 0.1) is 0 Å². The molecule has 2 aromatic rings. The fraction of sp³-hybridized carbons (Fsp3) is 0.357. The number of hydrogen-bond acceptors (Lipinski definition) is 4. The molecule has 0 bridgehead atoms. The number of thioether (sulfide) groups is 1. The Morgan fingerprint density at radius 1 is 1.28 bits per heavy atom. The summed E-state index contributed by atoms with van der Waals surface area (Å²) in [6, 6.07) is 10.3. The van der Waals surface area contributed by atoms with Crippen LogP contribution in [0.2, 0.25) is 0 Å². The van der Waals surface area contributed by atoms with E-state index in [0.29, 0.717) is 12.9 Å². The Hall–Kier alpha value is -1.10. The Morgan fingerprint density at radius 2 is 2.22 bits per heavy atom. The molecule has 94 valence electrons. The van der Waals surface area contributed by atoms with E-state index in [9.17, 15) is 0 Å². The normalized spacial score (nSPS) is 20.1. The Morgan fingerprint density at radius 3 is 3.11 bits per heavy atom. The molecule has 1 aromatic carbocycles. The van der Waals surface area contributed by atoms with Crippen molar-refractivity contribution in [2.75, 3.05) is 19.2 Å². The fourth-order valence-corrected chi connectivity index (χ4v) is 3.12. The maximum absolute atomic E-state index is 5.55. The van der Waals surface area contributed by atoms with Gasteiger partial charge in [-0.25, -0.2) is 0 Å². The van der Waals surface area contributed by atoms with Gasteiger partial charge < -0.3 is 9.47 Å². The van der Waals surface area contributed by atoms with Gasteiger partial charge in [0.2, 0.25) is 0 Å². The molecular formula is C14H15NO2S. The smallest absolute Gasteiger partial charge is 0.147 e. The summed E-state index contributed by atoms with van der Waals surface area (Å²) in [5.41, 5.74) is 1.05. The number of hydrogen-bond donors (Lipinski definition) is 0. The molecule has 0 N–H and O–H groups in total. The quantitative estimate of drug-likeness (QED) is 0.795. The molecule has 0 radical (unpaired) electrons. The molecule has 1 atom stereocenters.